The summed E-state index contributed by atoms with van der Waals surface area (Å²) in [5.41, 5.74) is 2.00. The first-order valence-corrected chi connectivity index (χ1v) is 7.82. The summed E-state index contributed by atoms with van der Waals surface area (Å²) in [5, 5.41) is 15.7. The molecular weight excluding hydrogens is 264 g/mol. The number of amides is 1. The molecule has 4 heteroatoms. The van der Waals surface area contributed by atoms with Crippen LogP contribution in [0.25, 0.3) is 0 Å². The number of anilines is 1. The summed E-state index contributed by atoms with van der Waals surface area (Å²) in [5.74, 6) is 0.982. The zero-order valence-electron chi connectivity index (χ0n) is 12.9. The summed E-state index contributed by atoms with van der Waals surface area (Å²) in [7, 11) is 0. The Morgan fingerprint density at radius 3 is 2.86 bits per heavy atom. The van der Waals surface area contributed by atoms with Crippen LogP contribution in [0.15, 0.2) is 24.3 Å². The van der Waals surface area contributed by atoms with Gasteiger partial charge in [-0.2, -0.15) is 0 Å². The van der Waals surface area contributed by atoms with Gasteiger partial charge in [-0.05, 0) is 55.8 Å². The van der Waals surface area contributed by atoms with Gasteiger partial charge < -0.3 is 15.7 Å². The Balaban J connectivity index is 1.90. The summed E-state index contributed by atoms with van der Waals surface area (Å²) in [6, 6.07) is 8.18. The van der Waals surface area contributed by atoms with E-state index in [0.717, 1.165) is 18.7 Å². The highest BCUT2D eigenvalue weighted by Crippen LogP contribution is 2.31. The summed E-state index contributed by atoms with van der Waals surface area (Å²) in [6.45, 7) is 4.90. The van der Waals surface area contributed by atoms with E-state index in [-0.39, 0.29) is 11.9 Å². The molecule has 1 amide bonds. The van der Waals surface area contributed by atoms with Gasteiger partial charge in [0, 0.05) is 25.3 Å². The molecule has 3 unspecified atom stereocenters. The molecule has 21 heavy (non-hydrogen) atoms. The Kier molecular flexibility index (Phi) is 5.76. The van der Waals surface area contributed by atoms with Crippen LogP contribution in [0.3, 0.4) is 0 Å². The summed E-state index contributed by atoms with van der Waals surface area (Å²) < 4.78 is 0. The van der Waals surface area contributed by atoms with E-state index >= 15 is 0 Å². The van der Waals surface area contributed by atoms with E-state index in [1.165, 1.54) is 25.3 Å². The van der Waals surface area contributed by atoms with E-state index in [9.17, 15) is 9.90 Å². The molecule has 3 N–H and O–H groups in total. The lowest BCUT2D eigenvalue weighted by Gasteiger charge is -2.21. The molecule has 1 aromatic carbocycles. The van der Waals surface area contributed by atoms with Crippen LogP contribution < -0.4 is 10.6 Å². The van der Waals surface area contributed by atoms with E-state index in [1.807, 2.05) is 18.2 Å². The molecule has 0 heterocycles. The topological polar surface area (TPSA) is 61.4 Å². The monoisotopic (exact) mass is 290 g/mol. The van der Waals surface area contributed by atoms with E-state index < -0.39 is 0 Å². The summed E-state index contributed by atoms with van der Waals surface area (Å²) in [6.07, 6.45) is 3.58. The van der Waals surface area contributed by atoms with E-state index in [1.54, 1.807) is 0 Å². The third-order valence-corrected chi connectivity index (χ3v) is 4.44. The van der Waals surface area contributed by atoms with Gasteiger partial charge in [0.2, 0.25) is 5.91 Å². The first kappa shape index (κ1) is 16.0. The van der Waals surface area contributed by atoms with Crippen molar-refractivity contribution in [2.75, 3.05) is 18.5 Å². The SMILES string of the molecule is CC(=O)Nc1cccc(C(C)NCC2CCCC2CO)c1. The first-order valence-electron chi connectivity index (χ1n) is 7.82. The molecule has 4 nitrogen and oxygen atoms in total. The van der Waals surface area contributed by atoms with Gasteiger partial charge in [-0.15, -0.1) is 0 Å². The number of carbonyl (C=O) groups is 1. The Hall–Kier alpha value is -1.39. The average molecular weight is 290 g/mol. The molecule has 1 aromatic rings. The van der Waals surface area contributed by atoms with Gasteiger partial charge in [0.15, 0.2) is 0 Å². The fraction of sp³-hybridized carbons (Fsp3) is 0.588. The predicted octanol–water partition coefficient (Wildman–Crippen LogP) is 2.70. The van der Waals surface area contributed by atoms with Crippen molar-refractivity contribution in [1.82, 2.24) is 5.32 Å². The fourth-order valence-electron chi connectivity index (χ4n) is 3.16. The Bertz CT molecular complexity index is 476. The molecule has 2 rings (SSSR count). The lowest BCUT2D eigenvalue weighted by molar-refractivity contribution is -0.114. The Morgan fingerprint density at radius 2 is 2.14 bits per heavy atom. The van der Waals surface area contributed by atoms with Gasteiger partial charge in [0.1, 0.15) is 0 Å². The molecule has 1 aliphatic carbocycles. The number of carbonyl (C=O) groups excluding carboxylic acids is 1. The predicted molar refractivity (Wildman–Crippen MR) is 85.1 cm³/mol. The van der Waals surface area contributed by atoms with Crippen molar-refractivity contribution in [3.8, 4) is 0 Å². The molecule has 116 valence electrons. The maximum Gasteiger partial charge on any atom is 0.221 e. The zero-order valence-corrected chi connectivity index (χ0v) is 12.9. The number of hydrogen-bond acceptors (Lipinski definition) is 3. The molecule has 1 saturated carbocycles. The Labute approximate surface area is 126 Å². The van der Waals surface area contributed by atoms with Crippen molar-refractivity contribution < 1.29 is 9.90 Å². The smallest absolute Gasteiger partial charge is 0.221 e. The average Bonchev–Trinajstić information content (AvgIpc) is 2.91. The van der Waals surface area contributed by atoms with Crippen LogP contribution in [0.4, 0.5) is 5.69 Å². The standard InChI is InChI=1S/C17H26N2O2/c1-12(18-10-15-6-3-7-16(15)11-20)14-5-4-8-17(9-14)19-13(2)21/h4-5,8-9,12,15-16,18,20H,3,6-7,10-11H2,1-2H3,(H,19,21). The summed E-state index contributed by atoms with van der Waals surface area (Å²) >= 11 is 0. The second-order valence-electron chi connectivity index (χ2n) is 6.07. The van der Waals surface area contributed by atoms with Crippen LogP contribution in [-0.4, -0.2) is 24.2 Å². The number of benzene rings is 1. The number of rotatable bonds is 6. The van der Waals surface area contributed by atoms with Gasteiger partial charge in [0.05, 0.1) is 0 Å². The van der Waals surface area contributed by atoms with Crippen molar-refractivity contribution in [2.45, 2.75) is 39.2 Å². The van der Waals surface area contributed by atoms with Gasteiger partial charge in [-0.25, -0.2) is 0 Å². The molecular formula is C17H26N2O2. The van der Waals surface area contributed by atoms with Crippen LogP contribution >= 0.6 is 0 Å². The largest absolute Gasteiger partial charge is 0.396 e. The highest BCUT2D eigenvalue weighted by molar-refractivity contribution is 5.88. The Morgan fingerprint density at radius 1 is 1.38 bits per heavy atom. The maximum atomic E-state index is 11.1. The number of aliphatic hydroxyl groups excluding tert-OH is 1. The molecule has 0 saturated heterocycles. The van der Waals surface area contributed by atoms with Crippen LogP contribution in [-0.2, 0) is 4.79 Å². The minimum atomic E-state index is -0.0514. The molecule has 0 bridgehead atoms. The first-order chi connectivity index (χ1) is 10.1. The third kappa shape index (κ3) is 4.55. The van der Waals surface area contributed by atoms with Gasteiger partial charge in [-0.1, -0.05) is 18.6 Å². The van der Waals surface area contributed by atoms with E-state index in [2.05, 4.69) is 23.6 Å². The van der Waals surface area contributed by atoms with Gasteiger partial charge in [0.25, 0.3) is 0 Å². The highest BCUT2D eigenvalue weighted by atomic mass is 16.3. The van der Waals surface area contributed by atoms with Crippen molar-refractivity contribution in [3.05, 3.63) is 29.8 Å². The quantitative estimate of drug-likeness (QED) is 0.755. The molecule has 3 atom stereocenters. The molecule has 1 fully saturated rings. The molecule has 0 radical (unpaired) electrons. The van der Waals surface area contributed by atoms with Crippen LogP contribution in [0, 0.1) is 11.8 Å². The van der Waals surface area contributed by atoms with E-state index in [4.69, 9.17) is 0 Å². The lowest BCUT2D eigenvalue weighted by atomic mass is 9.96. The van der Waals surface area contributed by atoms with Gasteiger partial charge in [-0.3, -0.25) is 4.79 Å². The number of aliphatic hydroxyl groups is 1. The number of nitrogens with one attached hydrogen (secondary N) is 2. The van der Waals surface area contributed by atoms with Crippen LogP contribution in [0.2, 0.25) is 0 Å². The highest BCUT2D eigenvalue weighted by Gasteiger charge is 2.26. The van der Waals surface area contributed by atoms with Crippen LogP contribution in [0.5, 0.6) is 0 Å². The summed E-state index contributed by atoms with van der Waals surface area (Å²) in [4.78, 5) is 11.1. The van der Waals surface area contributed by atoms with Crippen molar-refractivity contribution in [2.24, 2.45) is 11.8 Å². The zero-order chi connectivity index (χ0) is 15.2. The molecule has 1 aliphatic rings. The van der Waals surface area contributed by atoms with Crippen LogP contribution in [0.1, 0.15) is 44.7 Å². The maximum absolute atomic E-state index is 11.1. The molecule has 0 aromatic heterocycles. The third-order valence-electron chi connectivity index (χ3n) is 4.44. The van der Waals surface area contributed by atoms with Crippen molar-refractivity contribution in [1.29, 1.82) is 0 Å². The normalized spacial score (nSPS) is 23.0. The van der Waals surface area contributed by atoms with Gasteiger partial charge >= 0.3 is 0 Å². The fourth-order valence-corrected chi connectivity index (χ4v) is 3.16. The van der Waals surface area contributed by atoms with Crippen molar-refractivity contribution >= 4 is 11.6 Å². The van der Waals surface area contributed by atoms with Crippen molar-refractivity contribution in [3.63, 3.8) is 0 Å². The van der Waals surface area contributed by atoms with E-state index in [0.29, 0.717) is 18.4 Å². The lowest BCUT2D eigenvalue weighted by Crippen LogP contribution is -2.28. The molecule has 0 spiro atoms. The second-order valence-corrected chi connectivity index (χ2v) is 6.07. The minimum absolute atomic E-state index is 0.0514. The molecule has 0 aliphatic heterocycles. The second kappa shape index (κ2) is 7.57. The number of hydrogen-bond donors (Lipinski definition) is 3. The minimum Gasteiger partial charge on any atom is -0.396 e.